The molecular formula is C16H20ClN3O. The average molecular weight is 306 g/mol. The molecular weight excluding hydrogens is 286 g/mol. The lowest BCUT2D eigenvalue weighted by atomic mass is 10.0. The third-order valence-corrected chi connectivity index (χ3v) is 4.00. The van der Waals surface area contributed by atoms with E-state index < -0.39 is 0 Å². The molecule has 112 valence electrons. The number of nitrogens with one attached hydrogen (secondary N) is 1. The zero-order chi connectivity index (χ0) is 15.4. The van der Waals surface area contributed by atoms with Gasteiger partial charge in [0.05, 0.1) is 11.3 Å². The van der Waals surface area contributed by atoms with Crippen LogP contribution in [0.5, 0.6) is 0 Å². The van der Waals surface area contributed by atoms with E-state index in [1.54, 1.807) is 12.1 Å². The molecule has 1 heterocycles. The van der Waals surface area contributed by atoms with E-state index in [0.717, 1.165) is 31.6 Å². The van der Waals surface area contributed by atoms with Gasteiger partial charge in [0.15, 0.2) is 0 Å². The fourth-order valence-corrected chi connectivity index (χ4v) is 2.74. The predicted molar refractivity (Wildman–Crippen MR) is 84.2 cm³/mol. The van der Waals surface area contributed by atoms with Crippen LogP contribution >= 0.6 is 11.6 Å². The maximum absolute atomic E-state index is 11.9. The Labute approximate surface area is 130 Å². The molecule has 1 aliphatic heterocycles. The first-order valence-electron chi connectivity index (χ1n) is 7.26. The molecule has 1 amide bonds. The number of carbonyl (C=O) groups is 1. The highest BCUT2D eigenvalue weighted by Gasteiger charge is 2.24. The van der Waals surface area contributed by atoms with Gasteiger partial charge in [0, 0.05) is 30.1 Å². The number of hydrogen-bond donors (Lipinski definition) is 1. The van der Waals surface area contributed by atoms with Gasteiger partial charge < -0.3 is 10.2 Å². The van der Waals surface area contributed by atoms with Crippen molar-refractivity contribution < 1.29 is 4.79 Å². The molecule has 1 saturated heterocycles. The number of halogens is 1. The Morgan fingerprint density at radius 3 is 2.67 bits per heavy atom. The Kier molecular flexibility index (Phi) is 5.08. The molecule has 5 heteroatoms. The zero-order valence-corrected chi connectivity index (χ0v) is 13.2. The van der Waals surface area contributed by atoms with Crippen molar-refractivity contribution in [3.8, 4) is 6.07 Å². The first-order chi connectivity index (χ1) is 10.0. The Morgan fingerprint density at radius 2 is 2.10 bits per heavy atom. The Balaban J connectivity index is 1.95. The largest absolute Gasteiger partial charge is 0.381 e. The molecule has 4 nitrogen and oxygen atoms in total. The van der Waals surface area contributed by atoms with Crippen LogP contribution in [0.1, 0.15) is 32.3 Å². The molecule has 0 radical (unpaired) electrons. The molecule has 1 aromatic carbocycles. The molecule has 0 spiro atoms. The van der Waals surface area contributed by atoms with E-state index in [2.05, 4.69) is 11.4 Å². The number of nitriles is 1. The lowest BCUT2D eigenvalue weighted by Gasteiger charge is -2.34. The normalized spacial score (nSPS) is 15.9. The van der Waals surface area contributed by atoms with Gasteiger partial charge in [-0.15, -0.1) is 0 Å². The van der Waals surface area contributed by atoms with Gasteiger partial charge in [0.2, 0.25) is 5.91 Å². The average Bonchev–Trinajstić information content (AvgIpc) is 2.49. The maximum atomic E-state index is 11.9. The van der Waals surface area contributed by atoms with E-state index in [0.29, 0.717) is 10.6 Å². The van der Waals surface area contributed by atoms with E-state index in [1.807, 2.05) is 24.8 Å². The molecule has 0 atom stereocenters. The van der Waals surface area contributed by atoms with Crippen molar-refractivity contribution in [2.45, 2.75) is 32.7 Å². The van der Waals surface area contributed by atoms with Gasteiger partial charge in [0.1, 0.15) is 6.07 Å². The maximum Gasteiger partial charge on any atom is 0.225 e. The second-order valence-corrected chi connectivity index (χ2v) is 6.14. The van der Waals surface area contributed by atoms with Gasteiger partial charge in [0.25, 0.3) is 0 Å². The summed E-state index contributed by atoms with van der Waals surface area (Å²) < 4.78 is 0. The summed E-state index contributed by atoms with van der Waals surface area (Å²) in [5.41, 5.74) is 1.37. The lowest BCUT2D eigenvalue weighted by Crippen LogP contribution is -2.44. The van der Waals surface area contributed by atoms with Crippen molar-refractivity contribution >= 4 is 23.2 Å². The van der Waals surface area contributed by atoms with Crippen molar-refractivity contribution in [3.05, 3.63) is 28.8 Å². The minimum atomic E-state index is 0.0518. The summed E-state index contributed by atoms with van der Waals surface area (Å²) in [5.74, 6) is 0.272. The number of piperidine rings is 1. The molecule has 1 fully saturated rings. The molecule has 0 aliphatic carbocycles. The van der Waals surface area contributed by atoms with Crippen LogP contribution in [0.15, 0.2) is 18.2 Å². The SMILES string of the molecule is CC(C)C(=O)N1CCC(Nc2ccc(Cl)cc2C#N)CC1. The number of nitrogens with zero attached hydrogens (tertiary/aromatic N) is 2. The number of anilines is 1. The van der Waals surface area contributed by atoms with E-state index in [9.17, 15) is 4.79 Å². The fraction of sp³-hybridized carbons (Fsp3) is 0.500. The minimum absolute atomic E-state index is 0.0518. The van der Waals surface area contributed by atoms with Gasteiger partial charge in [-0.05, 0) is 31.0 Å². The first-order valence-corrected chi connectivity index (χ1v) is 7.64. The molecule has 0 bridgehead atoms. The van der Waals surface area contributed by atoms with Crippen molar-refractivity contribution in [2.75, 3.05) is 18.4 Å². The molecule has 0 saturated carbocycles. The number of hydrogen-bond acceptors (Lipinski definition) is 3. The van der Waals surface area contributed by atoms with E-state index in [4.69, 9.17) is 16.9 Å². The highest BCUT2D eigenvalue weighted by Crippen LogP contribution is 2.23. The van der Waals surface area contributed by atoms with E-state index in [1.165, 1.54) is 0 Å². The summed E-state index contributed by atoms with van der Waals surface area (Å²) in [7, 11) is 0. The van der Waals surface area contributed by atoms with Crippen molar-refractivity contribution in [3.63, 3.8) is 0 Å². The van der Waals surface area contributed by atoms with E-state index in [-0.39, 0.29) is 17.9 Å². The standard InChI is InChI=1S/C16H20ClN3O/c1-11(2)16(21)20-7-5-14(6-8-20)19-15-4-3-13(17)9-12(15)10-18/h3-4,9,11,14,19H,5-8H2,1-2H3. The number of likely N-dealkylation sites (tertiary alicyclic amines) is 1. The number of carbonyl (C=O) groups excluding carboxylic acids is 1. The third-order valence-electron chi connectivity index (χ3n) is 3.76. The Hall–Kier alpha value is -1.73. The van der Waals surface area contributed by atoms with Crippen LogP contribution in [0.2, 0.25) is 5.02 Å². The summed E-state index contributed by atoms with van der Waals surface area (Å²) in [4.78, 5) is 13.9. The van der Waals surface area contributed by atoms with E-state index >= 15 is 0 Å². The summed E-state index contributed by atoms with van der Waals surface area (Å²) in [6.45, 7) is 5.40. The van der Waals surface area contributed by atoms with Gasteiger partial charge >= 0.3 is 0 Å². The summed E-state index contributed by atoms with van der Waals surface area (Å²) in [6.07, 6.45) is 1.79. The van der Waals surface area contributed by atoms with Crippen molar-refractivity contribution in [2.24, 2.45) is 5.92 Å². The summed E-state index contributed by atoms with van der Waals surface area (Å²) in [6, 6.07) is 7.73. The van der Waals surface area contributed by atoms with Crippen LogP contribution in [-0.2, 0) is 4.79 Å². The smallest absolute Gasteiger partial charge is 0.225 e. The van der Waals surface area contributed by atoms with Gasteiger partial charge in [-0.3, -0.25) is 4.79 Å². The van der Waals surface area contributed by atoms with Crippen molar-refractivity contribution in [1.82, 2.24) is 4.90 Å². The van der Waals surface area contributed by atoms with Crippen molar-refractivity contribution in [1.29, 1.82) is 5.26 Å². The van der Waals surface area contributed by atoms with Gasteiger partial charge in [-0.1, -0.05) is 25.4 Å². The Morgan fingerprint density at radius 1 is 1.43 bits per heavy atom. The van der Waals surface area contributed by atoms with Crippen LogP contribution in [0.3, 0.4) is 0 Å². The predicted octanol–water partition coefficient (Wildman–Crippen LogP) is 3.27. The quantitative estimate of drug-likeness (QED) is 0.932. The number of amides is 1. The number of rotatable bonds is 3. The highest BCUT2D eigenvalue weighted by atomic mass is 35.5. The molecule has 1 aliphatic rings. The van der Waals surface area contributed by atoms with Crippen LogP contribution in [-0.4, -0.2) is 29.9 Å². The molecule has 1 aromatic rings. The molecule has 21 heavy (non-hydrogen) atoms. The second kappa shape index (κ2) is 6.82. The topological polar surface area (TPSA) is 56.1 Å². The third kappa shape index (κ3) is 3.89. The highest BCUT2D eigenvalue weighted by molar-refractivity contribution is 6.30. The molecule has 0 aromatic heterocycles. The van der Waals surface area contributed by atoms with Crippen LogP contribution < -0.4 is 5.32 Å². The van der Waals surface area contributed by atoms with Crippen LogP contribution in [0.4, 0.5) is 5.69 Å². The zero-order valence-electron chi connectivity index (χ0n) is 12.4. The molecule has 2 rings (SSSR count). The van der Waals surface area contributed by atoms with Gasteiger partial charge in [-0.25, -0.2) is 0 Å². The van der Waals surface area contributed by atoms with Crippen LogP contribution in [0.25, 0.3) is 0 Å². The summed E-state index contributed by atoms with van der Waals surface area (Å²) >= 11 is 5.90. The van der Waals surface area contributed by atoms with Crippen LogP contribution in [0, 0.1) is 17.2 Å². The first kappa shape index (κ1) is 15.7. The second-order valence-electron chi connectivity index (χ2n) is 5.70. The summed E-state index contributed by atoms with van der Waals surface area (Å²) in [5, 5.41) is 13.1. The lowest BCUT2D eigenvalue weighted by molar-refractivity contribution is -0.135. The Bertz CT molecular complexity index is 557. The monoisotopic (exact) mass is 305 g/mol. The number of benzene rings is 1. The fourth-order valence-electron chi connectivity index (χ4n) is 2.56. The van der Waals surface area contributed by atoms with Gasteiger partial charge in [-0.2, -0.15) is 5.26 Å². The molecule has 0 unspecified atom stereocenters. The molecule has 1 N–H and O–H groups in total. The minimum Gasteiger partial charge on any atom is -0.381 e.